The third-order valence-corrected chi connectivity index (χ3v) is 5.80. The molecule has 0 radical (unpaired) electrons. The van der Waals surface area contributed by atoms with E-state index in [-0.39, 0.29) is 12.4 Å². The zero-order chi connectivity index (χ0) is 22.8. The Labute approximate surface area is 182 Å². The maximum atomic E-state index is 13.9. The van der Waals surface area contributed by atoms with Crippen LogP contribution in [0, 0.1) is 11.7 Å². The average Bonchev–Trinajstić information content (AvgIpc) is 2.88. The smallest absolute Gasteiger partial charge is 0.420 e. The van der Waals surface area contributed by atoms with Gasteiger partial charge < -0.3 is 14.4 Å². The molecule has 0 aliphatic carbocycles. The molecule has 1 aliphatic heterocycles. The van der Waals surface area contributed by atoms with Gasteiger partial charge in [0.05, 0.1) is 29.2 Å². The van der Waals surface area contributed by atoms with Gasteiger partial charge in [0.1, 0.15) is 18.2 Å². The van der Waals surface area contributed by atoms with Crippen molar-refractivity contribution < 1.29 is 31.8 Å². The lowest BCUT2D eigenvalue weighted by Crippen LogP contribution is -2.25. The molecule has 168 valence electrons. The number of fused-ring (bicyclic) bond motifs is 1. The van der Waals surface area contributed by atoms with E-state index >= 15 is 0 Å². The van der Waals surface area contributed by atoms with Crippen molar-refractivity contribution in [2.75, 3.05) is 38.8 Å². The average molecular weight is 458 g/mol. The number of esters is 1. The van der Waals surface area contributed by atoms with E-state index in [0.717, 1.165) is 6.07 Å². The fraction of sp³-hybridized carbons (Fsp3) is 0.381. The first-order chi connectivity index (χ1) is 14.6. The molecule has 1 unspecified atom stereocenters. The SMILES string of the molecule is COC(=O)C(C)COc1cc2c(cc1C(F)(F)F)N(c1ccc(F)cc1)CCN(C)S2. The molecule has 2 aromatic carbocycles. The van der Waals surface area contributed by atoms with Gasteiger partial charge in [0.15, 0.2) is 0 Å². The molecule has 3 rings (SSSR count). The molecule has 1 atom stereocenters. The highest BCUT2D eigenvalue weighted by molar-refractivity contribution is 7.97. The van der Waals surface area contributed by atoms with Gasteiger partial charge in [0, 0.05) is 18.8 Å². The van der Waals surface area contributed by atoms with Crippen molar-refractivity contribution in [1.82, 2.24) is 4.31 Å². The van der Waals surface area contributed by atoms with Crippen LogP contribution >= 0.6 is 11.9 Å². The summed E-state index contributed by atoms with van der Waals surface area (Å²) < 4.78 is 66.9. The van der Waals surface area contributed by atoms with Gasteiger partial charge in [-0.15, -0.1) is 0 Å². The Morgan fingerprint density at radius 1 is 1.19 bits per heavy atom. The Kier molecular flexibility index (Phi) is 7.00. The molecule has 0 saturated heterocycles. The number of alkyl halides is 3. The van der Waals surface area contributed by atoms with E-state index in [1.807, 2.05) is 11.4 Å². The Hall–Kier alpha value is -2.46. The molecule has 0 spiro atoms. The number of carbonyl (C=O) groups is 1. The highest BCUT2D eigenvalue weighted by Gasteiger charge is 2.37. The summed E-state index contributed by atoms with van der Waals surface area (Å²) in [5, 5.41) is 0. The number of methoxy groups -OCH3 is 1. The Morgan fingerprint density at radius 2 is 1.87 bits per heavy atom. The number of hydrogen-bond donors (Lipinski definition) is 0. The minimum atomic E-state index is -4.67. The number of nitrogens with zero attached hydrogens (tertiary/aromatic N) is 2. The lowest BCUT2D eigenvalue weighted by molar-refractivity contribution is -0.145. The number of hydrogen-bond acceptors (Lipinski definition) is 6. The second kappa shape index (κ2) is 9.35. The van der Waals surface area contributed by atoms with Crippen LogP contribution in [0.3, 0.4) is 0 Å². The van der Waals surface area contributed by atoms with E-state index in [0.29, 0.717) is 29.4 Å². The molecule has 0 fully saturated rings. The second-order valence-electron chi connectivity index (χ2n) is 7.12. The highest BCUT2D eigenvalue weighted by atomic mass is 32.2. The van der Waals surface area contributed by atoms with Crippen molar-refractivity contribution in [1.29, 1.82) is 0 Å². The fourth-order valence-corrected chi connectivity index (χ4v) is 4.05. The lowest BCUT2D eigenvalue weighted by atomic mass is 10.1. The Balaban J connectivity index is 2.05. The predicted octanol–water partition coefficient (Wildman–Crippen LogP) is 5.12. The quantitative estimate of drug-likeness (QED) is 0.352. The summed E-state index contributed by atoms with van der Waals surface area (Å²) in [7, 11) is 3.04. The van der Waals surface area contributed by atoms with E-state index in [2.05, 4.69) is 4.74 Å². The standard InChI is InChI=1S/C21H22F4N2O3S/c1-13(20(28)29-3)12-30-18-11-19-17(10-16(18)21(23,24)25)27(9-8-26(2)31-19)15-6-4-14(22)5-7-15/h4-7,10-11,13H,8-9,12H2,1-3H3. The largest absolute Gasteiger partial charge is 0.492 e. The van der Waals surface area contributed by atoms with Gasteiger partial charge >= 0.3 is 12.1 Å². The lowest BCUT2D eigenvalue weighted by Gasteiger charge is -2.26. The minimum absolute atomic E-state index is 0.253. The van der Waals surface area contributed by atoms with Crippen LogP contribution in [-0.4, -0.2) is 44.1 Å². The number of halogens is 4. The molecule has 2 aromatic rings. The van der Waals surface area contributed by atoms with Crippen LogP contribution in [-0.2, 0) is 15.7 Å². The number of ether oxygens (including phenoxy) is 2. The van der Waals surface area contributed by atoms with Gasteiger partial charge in [-0.05, 0) is 62.3 Å². The fourth-order valence-electron chi connectivity index (χ4n) is 3.12. The van der Waals surface area contributed by atoms with E-state index in [9.17, 15) is 22.4 Å². The summed E-state index contributed by atoms with van der Waals surface area (Å²) in [6, 6.07) is 7.99. The molecule has 1 aliphatic rings. The first-order valence-electron chi connectivity index (χ1n) is 9.48. The van der Waals surface area contributed by atoms with Gasteiger partial charge in [0.2, 0.25) is 0 Å². The predicted molar refractivity (Wildman–Crippen MR) is 110 cm³/mol. The van der Waals surface area contributed by atoms with Crippen molar-refractivity contribution in [3.63, 3.8) is 0 Å². The highest BCUT2D eigenvalue weighted by Crippen LogP contribution is 2.46. The summed E-state index contributed by atoms with van der Waals surface area (Å²) in [5.74, 6) is -2.08. The Bertz CT molecular complexity index is 937. The third kappa shape index (κ3) is 5.43. The van der Waals surface area contributed by atoms with Crippen LogP contribution in [0.4, 0.5) is 28.9 Å². The normalized spacial score (nSPS) is 15.8. The van der Waals surface area contributed by atoms with Crippen molar-refractivity contribution in [3.05, 3.63) is 47.8 Å². The van der Waals surface area contributed by atoms with Crippen LogP contribution in [0.2, 0.25) is 0 Å². The molecule has 0 amide bonds. The molecule has 10 heteroatoms. The Morgan fingerprint density at radius 3 is 2.48 bits per heavy atom. The van der Waals surface area contributed by atoms with Gasteiger partial charge in [-0.2, -0.15) is 13.2 Å². The van der Waals surface area contributed by atoms with Gasteiger partial charge in [0.25, 0.3) is 0 Å². The number of likely N-dealkylation sites (N-methyl/N-ethyl adjacent to an activating group) is 1. The topological polar surface area (TPSA) is 42.0 Å². The number of benzene rings is 2. The maximum Gasteiger partial charge on any atom is 0.420 e. The van der Waals surface area contributed by atoms with Crippen molar-refractivity contribution in [2.24, 2.45) is 5.92 Å². The zero-order valence-electron chi connectivity index (χ0n) is 17.2. The molecular weight excluding hydrogens is 436 g/mol. The molecular formula is C21H22F4N2O3S. The number of rotatable bonds is 5. The monoisotopic (exact) mass is 458 g/mol. The molecule has 0 bridgehead atoms. The van der Waals surface area contributed by atoms with Crippen molar-refractivity contribution in [3.8, 4) is 5.75 Å². The molecule has 1 heterocycles. The van der Waals surface area contributed by atoms with Crippen LogP contribution in [0.1, 0.15) is 12.5 Å². The zero-order valence-corrected chi connectivity index (χ0v) is 18.0. The third-order valence-electron chi connectivity index (χ3n) is 4.78. The summed E-state index contributed by atoms with van der Waals surface area (Å²) in [6.07, 6.45) is -4.67. The molecule has 0 aromatic heterocycles. The van der Waals surface area contributed by atoms with E-state index < -0.39 is 29.4 Å². The molecule has 0 saturated carbocycles. The first kappa shape index (κ1) is 23.2. The van der Waals surface area contributed by atoms with Crippen LogP contribution in [0.25, 0.3) is 0 Å². The van der Waals surface area contributed by atoms with Crippen molar-refractivity contribution >= 4 is 29.3 Å². The van der Waals surface area contributed by atoms with Gasteiger partial charge in [-0.3, -0.25) is 4.79 Å². The van der Waals surface area contributed by atoms with Crippen molar-refractivity contribution in [2.45, 2.75) is 18.0 Å². The maximum absolute atomic E-state index is 13.9. The van der Waals surface area contributed by atoms with Crippen LogP contribution in [0.5, 0.6) is 5.75 Å². The first-order valence-corrected chi connectivity index (χ1v) is 10.3. The van der Waals surface area contributed by atoms with Crippen LogP contribution in [0.15, 0.2) is 41.3 Å². The molecule has 31 heavy (non-hydrogen) atoms. The van der Waals surface area contributed by atoms with Gasteiger partial charge in [-0.25, -0.2) is 8.70 Å². The molecule has 0 N–H and O–H groups in total. The van der Waals surface area contributed by atoms with E-state index in [1.54, 1.807) is 4.90 Å². The summed E-state index contributed by atoms with van der Waals surface area (Å²) in [4.78, 5) is 13.9. The summed E-state index contributed by atoms with van der Waals surface area (Å²) >= 11 is 1.29. The van der Waals surface area contributed by atoms with E-state index in [1.165, 1.54) is 56.3 Å². The molecule has 5 nitrogen and oxygen atoms in total. The number of anilines is 2. The van der Waals surface area contributed by atoms with E-state index in [4.69, 9.17) is 4.74 Å². The second-order valence-corrected chi connectivity index (χ2v) is 8.37. The summed E-state index contributed by atoms with van der Waals surface area (Å²) in [5.41, 5.74) is -0.0121. The minimum Gasteiger partial charge on any atom is -0.492 e. The summed E-state index contributed by atoms with van der Waals surface area (Å²) in [6.45, 7) is 2.24. The van der Waals surface area contributed by atoms with Gasteiger partial charge in [-0.1, -0.05) is 0 Å². The van der Waals surface area contributed by atoms with Crippen LogP contribution < -0.4 is 9.64 Å². The number of carbonyl (C=O) groups excluding carboxylic acids is 1.